The molecule has 234 valence electrons. The molecule has 0 radical (unpaired) electrons. The van der Waals surface area contributed by atoms with Crippen LogP contribution in [0.25, 0.3) is 28.4 Å². The third kappa shape index (κ3) is 6.99. The first kappa shape index (κ1) is 31.7. The van der Waals surface area contributed by atoms with Gasteiger partial charge in [-0.05, 0) is 116 Å². The number of H-pyrrole nitrogens is 4. The normalized spacial score (nSPS) is 13.6. The molecule has 0 aliphatic carbocycles. The molecule has 1 aliphatic heterocycles. The smallest absolute Gasteiger partial charge is 0.0615 e. The Morgan fingerprint density at radius 1 is 0.523 bits per heavy atom. The SMILES string of the molecule is CCCCC1=c2ccc([nH]2)=C(CCCC)c2ccc([nH]2)C(CCCC)=c2[nH]c(cc2C=CCO)=C(CCCC)c2ccc1[nH]2. The standard InChI is InChI=1S/C39H52N4O/c1-5-9-15-28-32-19-20-33(40-32)29(16-10-6-2)35-23-24-37(42-35)31(18-12-8-4)39-27(14-13-25-44)26-38(43-39)30(17-11-7-3)36-22-21-34(28)41-36/h13-14,19-24,26,40-44H,5-12,15-18,25H2,1-4H3. The first-order chi connectivity index (χ1) is 21.6. The second-order valence-electron chi connectivity index (χ2n) is 12.3. The first-order valence-electron chi connectivity index (χ1n) is 17.1. The minimum Gasteiger partial charge on any atom is -0.392 e. The van der Waals surface area contributed by atoms with Crippen molar-refractivity contribution in [2.24, 2.45) is 0 Å². The van der Waals surface area contributed by atoms with Crippen LogP contribution in [0.3, 0.4) is 0 Å². The van der Waals surface area contributed by atoms with Crippen LogP contribution in [0.15, 0.2) is 48.5 Å². The van der Waals surface area contributed by atoms with E-state index in [4.69, 9.17) is 0 Å². The summed E-state index contributed by atoms with van der Waals surface area (Å²) in [4.78, 5) is 15.5. The molecule has 0 fully saturated rings. The van der Waals surface area contributed by atoms with Gasteiger partial charge >= 0.3 is 0 Å². The van der Waals surface area contributed by atoms with Gasteiger partial charge in [0.25, 0.3) is 0 Å². The lowest BCUT2D eigenvalue weighted by molar-refractivity contribution is 0.343. The highest BCUT2D eigenvalue weighted by atomic mass is 16.2. The van der Waals surface area contributed by atoms with Gasteiger partial charge < -0.3 is 25.0 Å². The van der Waals surface area contributed by atoms with Gasteiger partial charge in [-0.3, -0.25) is 0 Å². The lowest BCUT2D eigenvalue weighted by atomic mass is 10.0. The Hall–Kier alpha value is -3.70. The van der Waals surface area contributed by atoms with Crippen molar-refractivity contribution < 1.29 is 5.11 Å². The van der Waals surface area contributed by atoms with E-state index >= 15 is 0 Å². The first-order valence-corrected chi connectivity index (χ1v) is 17.1. The van der Waals surface area contributed by atoms with Gasteiger partial charge in [0, 0.05) is 44.4 Å². The zero-order valence-electron chi connectivity index (χ0n) is 27.3. The summed E-state index contributed by atoms with van der Waals surface area (Å²) in [6.45, 7) is 9.07. The Morgan fingerprint density at radius 2 is 0.955 bits per heavy atom. The average Bonchev–Trinajstić information content (AvgIpc) is 3.85. The number of hydrogen-bond donors (Lipinski definition) is 5. The van der Waals surface area contributed by atoms with Crippen LogP contribution < -0.4 is 21.4 Å². The van der Waals surface area contributed by atoms with Crippen molar-refractivity contribution in [3.8, 4) is 0 Å². The van der Waals surface area contributed by atoms with Crippen LogP contribution >= 0.6 is 0 Å². The molecular weight excluding hydrogens is 540 g/mol. The number of hydrogen-bond acceptors (Lipinski definition) is 1. The Labute approximate surface area is 262 Å². The molecule has 0 saturated carbocycles. The van der Waals surface area contributed by atoms with Crippen molar-refractivity contribution in [3.63, 3.8) is 0 Å². The second kappa shape index (κ2) is 15.3. The molecule has 0 aromatic carbocycles. The van der Waals surface area contributed by atoms with Gasteiger partial charge in [0.15, 0.2) is 0 Å². The number of unbranched alkanes of at least 4 members (excludes halogenated alkanes) is 4. The van der Waals surface area contributed by atoms with Crippen LogP contribution in [-0.2, 0) is 0 Å². The maximum Gasteiger partial charge on any atom is 0.0615 e. The van der Waals surface area contributed by atoms with Gasteiger partial charge in [0.1, 0.15) is 0 Å². The minimum atomic E-state index is 0.0212. The summed E-state index contributed by atoms with van der Waals surface area (Å²) < 4.78 is 0. The molecule has 4 aromatic heterocycles. The van der Waals surface area contributed by atoms with Crippen molar-refractivity contribution in [2.45, 2.75) is 105 Å². The zero-order chi connectivity index (χ0) is 30.9. The van der Waals surface area contributed by atoms with E-state index in [0.29, 0.717) is 0 Å². The third-order valence-corrected chi connectivity index (χ3v) is 9.01. The molecule has 0 atom stereocenters. The fourth-order valence-electron chi connectivity index (χ4n) is 6.49. The lowest BCUT2D eigenvalue weighted by Gasteiger charge is -2.08. The number of aromatic nitrogens is 4. The summed E-state index contributed by atoms with van der Waals surface area (Å²) in [5.41, 5.74) is 11.2. The fraction of sp³-hybridized carbons (Fsp3) is 0.436. The van der Waals surface area contributed by atoms with E-state index in [1.165, 1.54) is 55.8 Å². The van der Waals surface area contributed by atoms with Gasteiger partial charge in [-0.15, -0.1) is 0 Å². The van der Waals surface area contributed by atoms with Crippen LogP contribution in [0.5, 0.6) is 0 Å². The van der Waals surface area contributed by atoms with E-state index in [9.17, 15) is 5.11 Å². The maximum atomic E-state index is 9.72. The predicted molar refractivity (Wildman–Crippen MR) is 186 cm³/mol. The number of aliphatic hydroxyl groups is 1. The molecule has 0 spiro atoms. The molecule has 5 rings (SSSR count). The predicted octanol–water partition coefficient (Wildman–Crippen LogP) is 6.87. The van der Waals surface area contributed by atoms with Crippen LogP contribution in [0.4, 0.5) is 0 Å². The largest absolute Gasteiger partial charge is 0.392 e. The summed E-state index contributed by atoms with van der Waals surface area (Å²) in [5.74, 6) is 0. The molecule has 5 heterocycles. The Kier molecular flexibility index (Phi) is 11.1. The van der Waals surface area contributed by atoms with Gasteiger partial charge in [0.05, 0.1) is 12.0 Å². The van der Waals surface area contributed by atoms with Gasteiger partial charge in [-0.2, -0.15) is 0 Å². The molecule has 0 saturated heterocycles. The minimum absolute atomic E-state index is 0.0212. The molecule has 4 aromatic rings. The molecule has 0 amide bonds. The average molecular weight is 593 g/mol. The van der Waals surface area contributed by atoms with Crippen molar-refractivity contribution in [2.75, 3.05) is 6.61 Å². The topological polar surface area (TPSA) is 83.4 Å². The van der Waals surface area contributed by atoms with Gasteiger partial charge in [-0.1, -0.05) is 65.5 Å². The van der Waals surface area contributed by atoms with E-state index in [1.54, 1.807) is 0 Å². The summed E-state index contributed by atoms with van der Waals surface area (Å²) in [6.07, 6.45) is 17.0. The Bertz CT molecular complexity index is 1800. The summed E-state index contributed by atoms with van der Waals surface area (Å²) in [5, 5.41) is 14.4. The van der Waals surface area contributed by atoms with E-state index < -0.39 is 0 Å². The van der Waals surface area contributed by atoms with Crippen molar-refractivity contribution >= 4 is 28.4 Å². The van der Waals surface area contributed by atoms with E-state index in [0.717, 1.165) is 93.3 Å². The van der Waals surface area contributed by atoms with Crippen molar-refractivity contribution in [1.82, 2.24) is 19.9 Å². The van der Waals surface area contributed by atoms with Crippen LogP contribution in [0, 0.1) is 0 Å². The summed E-state index contributed by atoms with van der Waals surface area (Å²) >= 11 is 0. The third-order valence-electron chi connectivity index (χ3n) is 9.01. The molecule has 0 unspecified atom stereocenters. The summed E-state index contributed by atoms with van der Waals surface area (Å²) in [7, 11) is 0. The molecular formula is C39H52N4O. The molecule has 1 aliphatic rings. The summed E-state index contributed by atoms with van der Waals surface area (Å²) in [6, 6.07) is 15.9. The van der Waals surface area contributed by atoms with E-state index in [1.807, 2.05) is 6.08 Å². The molecule has 44 heavy (non-hydrogen) atoms. The highest BCUT2D eigenvalue weighted by Gasteiger charge is 2.16. The fourth-order valence-corrected chi connectivity index (χ4v) is 6.49. The van der Waals surface area contributed by atoms with Gasteiger partial charge in [0.2, 0.25) is 0 Å². The quantitative estimate of drug-likeness (QED) is 0.109. The number of aliphatic hydroxyl groups excluding tert-OH is 1. The number of fused-ring (bicyclic) bond motifs is 8. The maximum absolute atomic E-state index is 9.72. The van der Waals surface area contributed by atoms with Crippen molar-refractivity contribution in [3.05, 3.63) is 98.3 Å². The lowest BCUT2D eigenvalue weighted by Crippen LogP contribution is -2.19. The van der Waals surface area contributed by atoms with Crippen molar-refractivity contribution in [1.29, 1.82) is 0 Å². The van der Waals surface area contributed by atoms with Crippen LogP contribution in [-0.4, -0.2) is 31.6 Å². The zero-order valence-corrected chi connectivity index (χ0v) is 27.3. The highest BCUT2D eigenvalue weighted by Crippen LogP contribution is 2.25. The van der Waals surface area contributed by atoms with Crippen LogP contribution in [0.2, 0.25) is 0 Å². The molecule has 5 nitrogen and oxygen atoms in total. The second-order valence-corrected chi connectivity index (χ2v) is 12.3. The molecule has 5 heteroatoms. The molecule has 8 bridgehead atoms. The number of rotatable bonds is 14. The monoisotopic (exact) mass is 592 g/mol. The number of aromatic amines is 4. The molecule has 5 N–H and O–H groups in total. The van der Waals surface area contributed by atoms with E-state index in [-0.39, 0.29) is 6.61 Å². The Morgan fingerprint density at radius 3 is 1.41 bits per heavy atom. The van der Waals surface area contributed by atoms with Crippen LogP contribution in [0.1, 0.15) is 133 Å². The Balaban J connectivity index is 1.90. The van der Waals surface area contributed by atoms with E-state index in [2.05, 4.69) is 96.2 Å². The highest BCUT2D eigenvalue weighted by molar-refractivity contribution is 5.73. The van der Waals surface area contributed by atoms with Gasteiger partial charge in [-0.25, -0.2) is 0 Å². The number of nitrogens with one attached hydrogen (secondary N) is 4.